The lowest BCUT2D eigenvalue weighted by Gasteiger charge is -2.21. The third-order valence-electron chi connectivity index (χ3n) is 20.3. The fourth-order valence-corrected chi connectivity index (χ4v) is 14.7. The van der Waals surface area contributed by atoms with Crippen LogP contribution in [0.25, 0.3) is 0 Å². The first-order chi connectivity index (χ1) is 57.2. The number of hydrogen-bond acceptors (Lipinski definition) is 14. The molecule has 0 fully saturated rings. The van der Waals surface area contributed by atoms with Crippen LogP contribution in [-0.4, -0.2) is 95.9 Å². The van der Waals surface area contributed by atoms with Crippen LogP contribution in [0.3, 0.4) is 0 Å². The predicted molar refractivity (Wildman–Crippen MR) is 491 cm³/mol. The summed E-state index contributed by atoms with van der Waals surface area (Å²) >= 11 is 0. The summed E-state index contributed by atoms with van der Waals surface area (Å²) < 4.78 is 61.4. The highest BCUT2D eigenvalue weighted by Gasteiger charge is 2.30. The number of hydrogen-bond donors (Lipinski definition) is 4. The van der Waals surface area contributed by atoms with Crippen LogP contribution in [0, 0.1) is 0 Å². The Balaban J connectivity index is 4.42. The van der Waals surface area contributed by atoms with Crippen LogP contribution in [0.4, 0.5) is 0 Å². The molecule has 0 aliphatic heterocycles. The van der Waals surface area contributed by atoms with E-state index >= 15 is 0 Å². The van der Waals surface area contributed by atoms with Crippen molar-refractivity contribution in [2.45, 2.75) is 437 Å². The van der Waals surface area contributed by atoms with Crippen molar-refractivity contribution in [2.75, 3.05) is 39.6 Å². The number of aliphatic hydroxyl groups is 2. The highest BCUT2D eigenvalue weighted by molar-refractivity contribution is 7.47. The van der Waals surface area contributed by atoms with Crippen molar-refractivity contribution in [1.82, 2.24) is 0 Å². The summed E-state index contributed by atoms with van der Waals surface area (Å²) in [6.45, 7) is 2.59. The van der Waals surface area contributed by atoms with Gasteiger partial charge >= 0.3 is 33.6 Å². The molecule has 4 N–H and O–H groups in total. The molecule has 676 valence electrons. The van der Waals surface area contributed by atoms with Gasteiger partial charge in [-0.25, -0.2) is 9.13 Å². The van der Waals surface area contributed by atoms with Crippen molar-refractivity contribution < 1.29 is 75.8 Å². The summed E-state index contributed by atoms with van der Waals surface area (Å²) in [4.78, 5) is 58.9. The molecule has 0 saturated carbocycles. The van der Waals surface area contributed by atoms with Gasteiger partial charge in [-0.3, -0.25) is 32.5 Å². The molecule has 5 atom stereocenters. The van der Waals surface area contributed by atoms with Crippen LogP contribution in [0.15, 0.2) is 134 Å². The van der Waals surface area contributed by atoms with Crippen LogP contribution >= 0.6 is 15.6 Å². The fourth-order valence-electron chi connectivity index (χ4n) is 13.1. The number of unbranched alkanes of at least 4 members (excludes halogenated alkanes) is 45. The Kier molecular flexibility index (Phi) is 87.6. The molecule has 0 radical (unpaired) electrons. The standard InChI is InChI=1S/C99H174O16P2/c1-4-7-10-13-16-19-22-25-28-30-32-34-36-38-40-42-44-45-46-47-49-51-52-54-56-58-60-62-65-67-70-73-76-79-82-85-97(102)109-88-94(100)89-111-116(105,106)112-90-95(101)91-113-117(107,108)114-93-96(115-99(104)87-84-81-78-75-72-69-64-27-24-21-18-15-12-9-6-3)92-110-98(103)86-83-80-77-74-71-68-66-63-61-59-57-55-53-50-48-43-41-39-37-35-33-31-29-26-23-20-17-14-11-8-5-2/h8,11,16-17,19-20,25-29,32-35,38-41,48,50,64,94-96,100-101H,4-7,9-10,12-15,18,21-24,30-31,36-37,42-47,49,51-63,65-93H2,1-3H3,(H,105,106)(H,107,108)/b11-8-,19-16-,20-17-,28-25-,29-26-,34-32-,35-33-,40-38-,41-39-,50-48-,64-27-. The molecule has 0 aliphatic carbocycles. The SMILES string of the molecule is CC/C=C\C/C=C\C/C=C\C/C=C\C/C=C\C/C=C\CCCCCCCCCCCCCCC(=O)OCC(COP(=O)(O)OCC(O)COP(=O)(O)OCC(O)COC(=O)CCCCCCCCCCCCCCCCCCCCC/C=C\C/C=C\C/C=C\C/C=C\CCCCC)OC(=O)CCCCCCC/C=C\CCCCCCCC. The third-order valence-corrected chi connectivity index (χ3v) is 22.2. The molecule has 0 heterocycles. The van der Waals surface area contributed by atoms with E-state index in [1.807, 2.05) is 0 Å². The topological polar surface area (TPSA) is 231 Å². The number of ether oxygens (including phenoxy) is 3. The maximum Gasteiger partial charge on any atom is 0.472 e. The summed E-state index contributed by atoms with van der Waals surface area (Å²) in [5, 5.41) is 20.7. The minimum atomic E-state index is -4.94. The first-order valence-electron chi connectivity index (χ1n) is 47.5. The zero-order chi connectivity index (χ0) is 85.1. The molecular weight excluding hydrogens is 1510 g/mol. The fraction of sp³-hybridized carbons (Fsp3) is 0.747. The van der Waals surface area contributed by atoms with Gasteiger partial charge in [-0.2, -0.15) is 0 Å². The summed E-state index contributed by atoms with van der Waals surface area (Å²) in [5.74, 6) is -1.57. The van der Waals surface area contributed by atoms with E-state index < -0.39 is 91.5 Å². The lowest BCUT2D eigenvalue weighted by molar-refractivity contribution is -0.161. The van der Waals surface area contributed by atoms with Gasteiger partial charge in [0.2, 0.25) is 0 Å². The number of esters is 3. The van der Waals surface area contributed by atoms with Crippen molar-refractivity contribution in [3.8, 4) is 0 Å². The first-order valence-corrected chi connectivity index (χ1v) is 50.5. The molecule has 16 nitrogen and oxygen atoms in total. The van der Waals surface area contributed by atoms with Gasteiger partial charge in [0, 0.05) is 19.3 Å². The second kappa shape index (κ2) is 90.9. The Labute approximate surface area is 715 Å². The highest BCUT2D eigenvalue weighted by atomic mass is 31.2. The molecule has 5 unspecified atom stereocenters. The Morgan fingerprint density at radius 1 is 0.248 bits per heavy atom. The Bertz CT molecular complexity index is 2660. The summed E-state index contributed by atoms with van der Waals surface area (Å²) in [5.41, 5.74) is 0. The van der Waals surface area contributed by atoms with E-state index in [1.165, 1.54) is 212 Å². The molecule has 0 aliphatic rings. The zero-order valence-corrected chi connectivity index (χ0v) is 76.4. The van der Waals surface area contributed by atoms with Gasteiger partial charge in [0.25, 0.3) is 0 Å². The minimum absolute atomic E-state index is 0.0944. The average molecular weight is 1680 g/mol. The maximum absolute atomic E-state index is 13.0. The molecule has 0 aromatic rings. The Morgan fingerprint density at radius 3 is 0.744 bits per heavy atom. The van der Waals surface area contributed by atoms with E-state index in [9.17, 15) is 43.5 Å². The van der Waals surface area contributed by atoms with Gasteiger partial charge in [-0.1, -0.05) is 392 Å². The van der Waals surface area contributed by atoms with Gasteiger partial charge in [0.1, 0.15) is 25.4 Å². The van der Waals surface area contributed by atoms with Crippen molar-refractivity contribution >= 4 is 33.6 Å². The number of phosphoric acid groups is 2. The van der Waals surface area contributed by atoms with Gasteiger partial charge in [-0.05, 0) is 141 Å². The van der Waals surface area contributed by atoms with E-state index in [2.05, 4.69) is 154 Å². The number of carbonyl (C=O) groups excluding carboxylic acids is 3. The van der Waals surface area contributed by atoms with Crippen LogP contribution in [0.5, 0.6) is 0 Å². The van der Waals surface area contributed by atoms with Crippen molar-refractivity contribution in [2.24, 2.45) is 0 Å². The van der Waals surface area contributed by atoms with E-state index in [-0.39, 0.29) is 19.3 Å². The van der Waals surface area contributed by atoms with Gasteiger partial charge in [0.15, 0.2) is 6.10 Å². The van der Waals surface area contributed by atoms with Gasteiger partial charge in [0.05, 0.1) is 26.4 Å². The monoisotopic (exact) mass is 1680 g/mol. The highest BCUT2D eigenvalue weighted by Crippen LogP contribution is 2.45. The zero-order valence-electron chi connectivity index (χ0n) is 74.6. The summed E-state index contributed by atoms with van der Waals surface area (Å²) in [6.07, 6.45) is 114. The summed E-state index contributed by atoms with van der Waals surface area (Å²) in [7, 11) is -9.80. The van der Waals surface area contributed by atoms with Crippen molar-refractivity contribution in [3.63, 3.8) is 0 Å². The predicted octanol–water partition coefficient (Wildman–Crippen LogP) is 29.3. The van der Waals surface area contributed by atoms with E-state index in [0.29, 0.717) is 19.3 Å². The molecule has 0 spiro atoms. The summed E-state index contributed by atoms with van der Waals surface area (Å²) in [6, 6.07) is 0. The van der Waals surface area contributed by atoms with E-state index in [0.717, 1.165) is 148 Å². The molecule has 0 bridgehead atoms. The second-order valence-electron chi connectivity index (χ2n) is 31.8. The lowest BCUT2D eigenvalue weighted by atomic mass is 10.0. The second-order valence-corrected chi connectivity index (χ2v) is 34.7. The third kappa shape index (κ3) is 92.3. The van der Waals surface area contributed by atoms with Crippen molar-refractivity contribution in [3.05, 3.63) is 134 Å². The smallest absolute Gasteiger partial charge is 0.463 e. The van der Waals surface area contributed by atoms with E-state index in [1.54, 1.807) is 0 Å². The van der Waals surface area contributed by atoms with Crippen LogP contribution in [-0.2, 0) is 55.8 Å². The number of allylic oxidation sites excluding steroid dienone is 22. The van der Waals surface area contributed by atoms with Gasteiger partial charge < -0.3 is 34.2 Å². The molecule has 18 heteroatoms. The number of rotatable bonds is 90. The van der Waals surface area contributed by atoms with E-state index in [4.69, 9.17) is 32.3 Å². The molecule has 0 rings (SSSR count). The number of phosphoric ester groups is 2. The molecule has 0 aromatic carbocycles. The largest absolute Gasteiger partial charge is 0.472 e. The van der Waals surface area contributed by atoms with Crippen LogP contribution in [0.2, 0.25) is 0 Å². The normalized spacial score (nSPS) is 14.4. The first kappa shape index (κ1) is 113. The van der Waals surface area contributed by atoms with Crippen molar-refractivity contribution in [1.29, 1.82) is 0 Å². The average Bonchev–Trinajstić information content (AvgIpc) is 0.865. The Morgan fingerprint density at radius 2 is 0.453 bits per heavy atom. The molecule has 0 amide bonds. The molecule has 0 aromatic heterocycles. The van der Waals surface area contributed by atoms with Crippen LogP contribution in [0.1, 0.15) is 419 Å². The molecule has 0 saturated heterocycles. The maximum atomic E-state index is 13.0. The van der Waals surface area contributed by atoms with Gasteiger partial charge in [-0.15, -0.1) is 0 Å². The quantitative estimate of drug-likeness (QED) is 0.0146. The minimum Gasteiger partial charge on any atom is -0.463 e. The Hall–Kier alpha value is -4.31. The van der Waals surface area contributed by atoms with Crippen LogP contribution < -0.4 is 0 Å². The number of carbonyl (C=O) groups is 3. The molecular formula is C99H174O16P2. The molecule has 117 heavy (non-hydrogen) atoms. The lowest BCUT2D eigenvalue weighted by Crippen LogP contribution is -2.30. The number of aliphatic hydroxyl groups excluding tert-OH is 2.